The molecule has 0 saturated heterocycles. The molecule has 0 heterocycles. The predicted molar refractivity (Wildman–Crippen MR) is 103 cm³/mol. The number of hydrogen-bond acceptors (Lipinski definition) is 5. The van der Waals surface area contributed by atoms with E-state index in [0.29, 0.717) is 6.42 Å². The Morgan fingerprint density at radius 1 is 1.07 bits per heavy atom. The van der Waals surface area contributed by atoms with Crippen molar-refractivity contribution in [2.45, 2.75) is 38.5 Å². The molecule has 28 heavy (non-hydrogen) atoms. The van der Waals surface area contributed by atoms with E-state index in [-0.39, 0.29) is 19.6 Å². The summed E-state index contributed by atoms with van der Waals surface area (Å²) in [6, 6.07) is 16.5. The molecular formula is C22H25NO5. The predicted octanol–water partition coefficient (Wildman–Crippen LogP) is 3.14. The summed E-state index contributed by atoms with van der Waals surface area (Å²) in [7, 11) is 0. The van der Waals surface area contributed by atoms with E-state index in [1.807, 2.05) is 54.6 Å². The van der Waals surface area contributed by atoms with Gasteiger partial charge in [0.1, 0.15) is 6.61 Å². The molecule has 1 aliphatic carbocycles. The summed E-state index contributed by atoms with van der Waals surface area (Å²) in [4.78, 5) is 24.4. The Hall–Kier alpha value is -2.86. The Bertz CT molecular complexity index is 808. The van der Waals surface area contributed by atoms with Crippen molar-refractivity contribution in [3.05, 3.63) is 71.3 Å². The van der Waals surface area contributed by atoms with E-state index in [4.69, 9.17) is 9.47 Å². The van der Waals surface area contributed by atoms with Crippen LogP contribution in [0.15, 0.2) is 54.6 Å². The van der Waals surface area contributed by atoms with Crippen LogP contribution < -0.4 is 5.32 Å². The number of carbonyl (C=O) groups is 2. The Labute approximate surface area is 164 Å². The first-order valence-corrected chi connectivity index (χ1v) is 9.47. The Balaban J connectivity index is 1.70. The molecule has 2 N–H and O–H groups in total. The molecule has 2 aromatic rings. The molecule has 1 amide bonds. The van der Waals surface area contributed by atoms with Gasteiger partial charge in [0, 0.05) is 12.0 Å². The van der Waals surface area contributed by atoms with Gasteiger partial charge in [-0.05, 0) is 30.0 Å². The molecule has 0 saturated carbocycles. The van der Waals surface area contributed by atoms with Crippen molar-refractivity contribution < 1.29 is 24.2 Å². The fourth-order valence-electron chi connectivity index (χ4n) is 3.59. The lowest BCUT2D eigenvalue weighted by Gasteiger charge is -2.36. The first-order valence-electron chi connectivity index (χ1n) is 9.47. The van der Waals surface area contributed by atoms with Crippen molar-refractivity contribution >= 4 is 12.1 Å². The standard InChI is InChI=1S/C22H25NO5/c1-2-27-20(24)13-18-19(12-16-10-6-7-11-17(16)21(18)25)23-22(26)28-14-15-8-4-3-5-9-15/h3-11,18-19,21,25H,2,12-14H2,1H3,(H,23,26)/t18?,19-,21+/m1/s1. The van der Waals surface area contributed by atoms with Gasteiger partial charge in [0.2, 0.25) is 0 Å². The molecule has 0 spiro atoms. The number of ether oxygens (including phenoxy) is 2. The van der Waals surface area contributed by atoms with Crippen LogP contribution >= 0.6 is 0 Å². The zero-order chi connectivity index (χ0) is 19.9. The van der Waals surface area contributed by atoms with Gasteiger partial charge in [-0.3, -0.25) is 4.79 Å². The van der Waals surface area contributed by atoms with Crippen LogP contribution in [0.5, 0.6) is 0 Å². The summed E-state index contributed by atoms with van der Waals surface area (Å²) in [6.45, 7) is 2.16. The van der Waals surface area contributed by atoms with Gasteiger partial charge in [0.05, 0.1) is 19.1 Å². The number of alkyl carbamates (subject to hydrolysis) is 1. The molecule has 0 aromatic heterocycles. The third kappa shape index (κ3) is 4.89. The van der Waals surface area contributed by atoms with Crippen LogP contribution in [0.3, 0.4) is 0 Å². The van der Waals surface area contributed by atoms with E-state index in [9.17, 15) is 14.7 Å². The number of carbonyl (C=O) groups excluding carboxylic acids is 2. The molecule has 0 fully saturated rings. The first-order chi connectivity index (χ1) is 13.6. The summed E-state index contributed by atoms with van der Waals surface area (Å²) >= 11 is 0. The number of hydrogen-bond donors (Lipinski definition) is 2. The summed E-state index contributed by atoms with van der Waals surface area (Å²) in [5.74, 6) is -0.881. The fraction of sp³-hybridized carbons (Fsp3) is 0.364. The van der Waals surface area contributed by atoms with E-state index in [2.05, 4.69) is 5.32 Å². The second-order valence-electron chi connectivity index (χ2n) is 6.83. The van der Waals surface area contributed by atoms with Gasteiger partial charge in [-0.2, -0.15) is 0 Å². The monoisotopic (exact) mass is 383 g/mol. The highest BCUT2D eigenvalue weighted by Gasteiger charge is 2.38. The number of esters is 1. The van der Waals surface area contributed by atoms with Gasteiger partial charge in [0.25, 0.3) is 0 Å². The van der Waals surface area contributed by atoms with Crippen LogP contribution in [0.25, 0.3) is 0 Å². The van der Waals surface area contributed by atoms with Crippen LogP contribution in [-0.4, -0.2) is 29.8 Å². The topological polar surface area (TPSA) is 84.9 Å². The van der Waals surface area contributed by atoms with E-state index in [1.54, 1.807) is 6.92 Å². The third-order valence-corrected chi connectivity index (χ3v) is 4.96. The van der Waals surface area contributed by atoms with Crippen LogP contribution in [-0.2, 0) is 27.3 Å². The largest absolute Gasteiger partial charge is 0.466 e. The van der Waals surface area contributed by atoms with Crippen molar-refractivity contribution in [1.29, 1.82) is 0 Å². The van der Waals surface area contributed by atoms with Crippen LogP contribution in [0, 0.1) is 5.92 Å². The molecule has 0 bridgehead atoms. The number of fused-ring (bicyclic) bond motifs is 1. The molecule has 3 rings (SSSR count). The molecule has 6 nitrogen and oxygen atoms in total. The molecule has 0 radical (unpaired) electrons. The lowest BCUT2D eigenvalue weighted by Crippen LogP contribution is -2.47. The highest BCUT2D eigenvalue weighted by Crippen LogP contribution is 2.36. The maximum absolute atomic E-state index is 12.3. The molecular weight excluding hydrogens is 358 g/mol. The van der Waals surface area contributed by atoms with Gasteiger partial charge in [0.15, 0.2) is 0 Å². The first kappa shape index (κ1) is 19.9. The molecule has 148 valence electrons. The van der Waals surface area contributed by atoms with E-state index in [0.717, 1.165) is 16.7 Å². The van der Waals surface area contributed by atoms with Crippen LogP contribution in [0.1, 0.15) is 36.1 Å². The molecule has 1 aliphatic rings. The fourth-order valence-corrected chi connectivity index (χ4v) is 3.59. The third-order valence-electron chi connectivity index (χ3n) is 4.96. The van der Waals surface area contributed by atoms with Crippen LogP contribution in [0.2, 0.25) is 0 Å². The number of rotatable bonds is 6. The van der Waals surface area contributed by atoms with Crippen molar-refractivity contribution in [1.82, 2.24) is 5.32 Å². The number of nitrogens with one attached hydrogen (secondary N) is 1. The summed E-state index contributed by atoms with van der Waals surface area (Å²) in [5, 5.41) is 13.7. The summed E-state index contributed by atoms with van der Waals surface area (Å²) < 4.78 is 10.4. The van der Waals surface area contributed by atoms with E-state index < -0.39 is 30.1 Å². The minimum Gasteiger partial charge on any atom is -0.466 e. The zero-order valence-electron chi connectivity index (χ0n) is 15.8. The van der Waals surface area contributed by atoms with Crippen molar-refractivity contribution in [3.8, 4) is 0 Å². The highest BCUT2D eigenvalue weighted by atomic mass is 16.5. The summed E-state index contributed by atoms with van der Waals surface area (Å²) in [5.41, 5.74) is 2.62. The number of aliphatic hydroxyl groups excluding tert-OH is 1. The average Bonchev–Trinajstić information content (AvgIpc) is 2.70. The minimum absolute atomic E-state index is 0.0208. The minimum atomic E-state index is -0.867. The molecule has 1 unspecified atom stereocenters. The number of amides is 1. The molecule has 2 aromatic carbocycles. The second kappa shape index (κ2) is 9.37. The molecule has 3 atom stereocenters. The summed E-state index contributed by atoms with van der Waals surface area (Å²) in [6.07, 6.45) is -0.909. The molecule has 6 heteroatoms. The van der Waals surface area contributed by atoms with Gasteiger partial charge in [-0.25, -0.2) is 4.79 Å². The average molecular weight is 383 g/mol. The van der Waals surface area contributed by atoms with Crippen LogP contribution in [0.4, 0.5) is 4.79 Å². The lowest BCUT2D eigenvalue weighted by molar-refractivity contribution is -0.146. The lowest BCUT2D eigenvalue weighted by atomic mass is 9.76. The van der Waals surface area contributed by atoms with Gasteiger partial charge >= 0.3 is 12.1 Å². The molecule has 0 aliphatic heterocycles. The smallest absolute Gasteiger partial charge is 0.407 e. The Morgan fingerprint density at radius 2 is 1.79 bits per heavy atom. The van der Waals surface area contributed by atoms with Gasteiger partial charge < -0.3 is 19.9 Å². The second-order valence-corrected chi connectivity index (χ2v) is 6.83. The van der Waals surface area contributed by atoms with E-state index >= 15 is 0 Å². The highest BCUT2D eigenvalue weighted by molar-refractivity contribution is 5.71. The number of benzene rings is 2. The van der Waals surface area contributed by atoms with Gasteiger partial charge in [-0.15, -0.1) is 0 Å². The SMILES string of the molecule is CCOC(=O)CC1[C@H](NC(=O)OCc2ccccc2)Cc2ccccc2[C@@H]1O. The maximum Gasteiger partial charge on any atom is 0.407 e. The quantitative estimate of drug-likeness (QED) is 0.749. The number of aliphatic hydroxyl groups is 1. The van der Waals surface area contributed by atoms with Gasteiger partial charge in [-0.1, -0.05) is 54.6 Å². The Kier molecular flexibility index (Phi) is 6.66. The zero-order valence-corrected chi connectivity index (χ0v) is 15.8. The van der Waals surface area contributed by atoms with Crippen molar-refractivity contribution in [2.75, 3.05) is 6.61 Å². The normalized spacial score (nSPS) is 20.7. The van der Waals surface area contributed by atoms with E-state index in [1.165, 1.54) is 0 Å². The van der Waals surface area contributed by atoms with Crippen molar-refractivity contribution in [3.63, 3.8) is 0 Å². The Morgan fingerprint density at radius 3 is 2.54 bits per heavy atom. The maximum atomic E-state index is 12.3. The van der Waals surface area contributed by atoms with Crippen molar-refractivity contribution in [2.24, 2.45) is 5.92 Å².